The summed E-state index contributed by atoms with van der Waals surface area (Å²) in [5.74, 6) is -3.69. The number of rotatable bonds is 11. The van der Waals surface area contributed by atoms with Gasteiger partial charge in [0.25, 0.3) is 0 Å². The van der Waals surface area contributed by atoms with E-state index in [9.17, 15) is 24.3 Å². The van der Waals surface area contributed by atoms with Crippen molar-refractivity contribution in [1.29, 1.82) is 0 Å². The van der Waals surface area contributed by atoms with E-state index < -0.39 is 48.5 Å². The Morgan fingerprint density at radius 3 is 2.55 bits per heavy atom. The first-order chi connectivity index (χ1) is 14.7. The van der Waals surface area contributed by atoms with Crippen LogP contribution in [0.1, 0.15) is 29.2 Å². The Bertz CT molecular complexity index is 861. The second-order valence-corrected chi connectivity index (χ2v) is 8.12. The molecule has 1 aliphatic carbocycles. The second kappa shape index (κ2) is 11.5. The zero-order chi connectivity index (χ0) is 23.0. The maximum absolute atomic E-state index is 12.4. The van der Waals surface area contributed by atoms with Crippen LogP contribution in [0.5, 0.6) is 0 Å². The van der Waals surface area contributed by atoms with E-state index in [1.54, 1.807) is 6.08 Å². The molecule has 2 rings (SSSR count). The normalized spacial score (nSPS) is 19.0. The Labute approximate surface area is 182 Å². The Morgan fingerprint density at radius 1 is 1.16 bits per heavy atom. The minimum atomic E-state index is -1.24. The smallest absolute Gasteiger partial charge is 0.322 e. The Morgan fingerprint density at radius 2 is 1.87 bits per heavy atom. The van der Waals surface area contributed by atoms with Crippen LogP contribution in [0.2, 0.25) is 0 Å². The number of nitrogens with one attached hydrogen (secondary N) is 2. The van der Waals surface area contributed by atoms with Crippen molar-refractivity contribution < 1.29 is 34.5 Å². The number of aliphatic hydroxyl groups is 1. The molecule has 0 bridgehead atoms. The average molecular weight is 452 g/mol. The largest absolute Gasteiger partial charge is 0.480 e. The molecule has 0 saturated heterocycles. The van der Waals surface area contributed by atoms with Crippen LogP contribution in [0.3, 0.4) is 0 Å². The predicted molar refractivity (Wildman–Crippen MR) is 114 cm³/mol. The fraction of sp³-hybridized carbons (Fsp3) is 0.400. The fourth-order valence-electron chi connectivity index (χ4n) is 2.94. The van der Waals surface area contributed by atoms with Crippen molar-refractivity contribution in [2.24, 2.45) is 5.73 Å². The second-order valence-electron chi connectivity index (χ2n) is 6.95. The third kappa shape index (κ3) is 7.39. The van der Waals surface area contributed by atoms with Gasteiger partial charge in [-0.3, -0.25) is 19.2 Å². The highest BCUT2D eigenvalue weighted by atomic mass is 32.2. The van der Waals surface area contributed by atoms with Gasteiger partial charge in [-0.15, -0.1) is 11.8 Å². The molecule has 31 heavy (non-hydrogen) atoms. The molecule has 0 aliphatic heterocycles. The van der Waals surface area contributed by atoms with Crippen LogP contribution in [0, 0.1) is 0 Å². The van der Waals surface area contributed by atoms with Crippen molar-refractivity contribution in [2.75, 3.05) is 12.3 Å². The molecule has 0 fully saturated rings. The van der Waals surface area contributed by atoms with Gasteiger partial charge in [0, 0.05) is 12.2 Å². The van der Waals surface area contributed by atoms with Gasteiger partial charge >= 0.3 is 11.9 Å². The summed E-state index contributed by atoms with van der Waals surface area (Å²) < 4.78 is 0. The number of thioether (sulfide) groups is 1. The summed E-state index contributed by atoms with van der Waals surface area (Å²) in [4.78, 5) is 46.2. The number of benzene rings is 1. The predicted octanol–water partition coefficient (Wildman–Crippen LogP) is -0.274. The lowest BCUT2D eigenvalue weighted by Crippen LogP contribution is -2.49. The monoisotopic (exact) mass is 451 g/mol. The summed E-state index contributed by atoms with van der Waals surface area (Å²) in [6.07, 6.45) is 2.33. The molecule has 10 nitrogen and oxygen atoms in total. The van der Waals surface area contributed by atoms with E-state index in [-0.39, 0.29) is 23.8 Å². The molecule has 11 heteroatoms. The average Bonchev–Trinajstić information content (AvgIpc) is 2.73. The van der Waals surface area contributed by atoms with Crippen molar-refractivity contribution in [3.05, 3.63) is 41.5 Å². The van der Waals surface area contributed by atoms with Gasteiger partial charge in [0.15, 0.2) is 0 Å². The van der Waals surface area contributed by atoms with Crippen LogP contribution in [-0.2, 0) is 19.2 Å². The van der Waals surface area contributed by atoms with Crippen LogP contribution >= 0.6 is 11.8 Å². The van der Waals surface area contributed by atoms with E-state index in [1.165, 1.54) is 11.8 Å². The maximum atomic E-state index is 12.4. The maximum Gasteiger partial charge on any atom is 0.322 e. The van der Waals surface area contributed by atoms with Gasteiger partial charge in [-0.1, -0.05) is 36.4 Å². The van der Waals surface area contributed by atoms with Gasteiger partial charge in [-0.25, -0.2) is 0 Å². The number of carbonyl (C=O) groups is 4. The first-order valence-corrected chi connectivity index (χ1v) is 10.6. The van der Waals surface area contributed by atoms with Crippen LogP contribution in [0.25, 0.3) is 6.08 Å². The first-order valence-electron chi connectivity index (χ1n) is 9.53. The molecular formula is C20H25N3O7S. The standard InChI is InChI=1S/C20H25N3O7S/c21-13(20(29)30)6-8-16(25)23-14(19(28)22-9-17(26)27)10-31-18-12-4-2-1-3-11(12)5-7-15(18)24/h1-5,7,13-15,18,24H,6,8-10,21H2,(H,22,28)(H,23,25)(H,26,27)(H,29,30)/t13-,14-,15?,18?/m0/s1. The molecule has 0 spiro atoms. The summed E-state index contributed by atoms with van der Waals surface area (Å²) in [5, 5.41) is 32.3. The highest BCUT2D eigenvalue weighted by molar-refractivity contribution is 7.99. The van der Waals surface area contributed by atoms with Crippen molar-refractivity contribution >= 4 is 41.6 Å². The summed E-state index contributed by atoms with van der Waals surface area (Å²) in [6.45, 7) is -0.614. The first kappa shape index (κ1) is 24.4. The quantitative estimate of drug-likeness (QED) is 0.264. The lowest BCUT2D eigenvalue weighted by molar-refractivity contribution is -0.139. The summed E-state index contributed by atoms with van der Waals surface area (Å²) in [7, 11) is 0. The Hall–Kier alpha value is -2.89. The van der Waals surface area contributed by atoms with Crippen molar-refractivity contribution in [3.8, 4) is 0 Å². The number of fused-ring (bicyclic) bond motifs is 1. The van der Waals surface area contributed by atoms with Crippen molar-refractivity contribution in [1.82, 2.24) is 10.6 Å². The molecule has 0 aromatic heterocycles. The number of hydrogen-bond donors (Lipinski definition) is 6. The van der Waals surface area contributed by atoms with E-state index >= 15 is 0 Å². The number of amides is 2. The van der Waals surface area contributed by atoms with Crippen LogP contribution < -0.4 is 16.4 Å². The summed E-state index contributed by atoms with van der Waals surface area (Å²) in [5.41, 5.74) is 7.21. The molecular weight excluding hydrogens is 426 g/mol. The Balaban J connectivity index is 2.05. The number of carbonyl (C=O) groups excluding carboxylic acids is 2. The number of nitrogens with two attached hydrogens (primary N) is 1. The van der Waals surface area contributed by atoms with E-state index in [1.807, 2.05) is 30.3 Å². The lowest BCUT2D eigenvalue weighted by Gasteiger charge is -2.27. The molecule has 1 aliphatic rings. The van der Waals surface area contributed by atoms with Gasteiger partial charge in [0.05, 0.1) is 11.4 Å². The molecule has 0 heterocycles. The molecule has 7 N–H and O–H groups in total. The molecule has 4 atom stereocenters. The van der Waals surface area contributed by atoms with E-state index in [0.717, 1.165) is 11.1 Å². The van der Waals surface area contributed by atoms with Gasteiger partial charge in [-0.2, -0.15) is 0 Å². The van der Waals surface area contributed by atoms with Gasteiger partial charge in [0.1, 0.15) is 18.6 Å². The van der Waals surface area contributed by atoms with Crippen molar-refractivity contribution in [2.45, 2.75) is 36.3 Å². The number of hydrogen-bond acceptors (Lipinski definition) is 7. The highest BCUT2D eigenvalue weighted by Gasteiger charge is 2.29. The number of aliphatic carboxylic acids is 2. The molecule has 168 valence electrons. The molecule has 0 saturated carbocycles. The van der Waals surface area contributed by atoms with Gasteiger partial charge < -0.3 is 31.7 Å². The minimum absolute atomic E-state index is 0.0616. The third-order valence-electron chi connectivity index (χ3n) is 4.59. The fourth-order valence-corrected chi connectivity index (χ4v) is 4.26. The van der Waals surface area contributed by atoms with Gasteiger partial charge in [0.2, 0.25) is 11.8 Å². The van der Waals surface area contributed by atoms with Crippen LogP contribution in [0.15, 0.2) is 30.3 Å². The zero-order valence-corrected chi connectivity index (χ0v) is 17.4. The van der Waals surface area contributed by atoms with E-state index in [4.69, 9.17) is 15.9 Å². The Kier molecular flexibility index (Phi) is 9.03. The van der Waals surface area contributed by atoms with Crippen LogP contribution in [-0.4, -0.2) is 69.6 Å². The zero-order valence-electron chi connectivity index (χ0n) is 16.6. The number of carboxylic acid groups (broad SMARTS) is 2. The number of aliphatic hydroxyl groups excluding tert-OH is 1. The van der Waals surface area contributed by atoms with Gasteiger partial charge in [-0.05, 0) is 17.5 Å². The van der Waals surface area contributed by atoms with E-state index in [2.05, 4.69) is 10.6 Å². The highest BCUT2D eigenvalue weighted by Crippen LogP contribution is 2.38. The molecule has 1 aromatic rings. The third-order valence-corrected chi connectivity index (χ3v) is 6.01. The minimum Gasteiger partial charge on any atom is -0.480 e. The topological polar surface area (TPSA) is 179 Å². The molecule has 2 unspecified atom stereocenters. The van der Waals surface area contributed by atoms with E-state index in [0.29, 0.717) is 0 Å². The van der Waals surface area contributed by atoms with Crippen LogP contribution in [0.4, 0.5) is 0 Å². The van der Waals surface area contributed by atoms with Crippen molar-refractivity contribution in [3.63, 3.8) is 0 Å². The lowest BCUT2D eigenvalue weighted by atomic mass is 9.95. The SMILES string of the molecule is N[C@@H](CCC(=O)N[C@@H](CSC1c2ccccc2C=CC1O)C(=O)NCC(=O)O)C(=O)O. The molecule has 1 aromatic carbocycles. The number of carboxylic acids is 2. The summed E-state index contributed by atoms with van der Waals surface area (Å²) in [6, 6.07) is 5.18. The molecule has 2 amide bonds. The summed E-state index contributed by atoms with van der Waals surface area (Å²) >= 11 is 1.25. The molecule has 0 radical (unpaired) electrons.